The smallest absolute Gasteiger partial charge is 0.338 e. The van der Waals surface area contributed by atoms with Gasteiger partial charge in [0.2, 0.25) is 0 Å². The van der Waals surface area contributed by atoms with Crippen molar-refractivity contribution < 1.29 is 18.7 Å². The number of halogens is 2. The molecule has 0 aromatic heterocycles. The van der Waals surface area contributed by atoms with Crippen molar-refractivity contribution >= 4 is 29.2 Å². The van der Waals surface area contributed by atoms with E-state index >= 15 is 0 Å². The summed E-state index contributed by atoms with van der Waals surface area (Å²) in [6.45, 7) is 3.30. The van der Waals surface area contributed by atoms with Crippen molar-refractivity contribution in [3.05, 3.63) is 64.4 Å². The van der Waals surface area contributed by atoms with Crippen LogP contribution in [-0.2, 0) is 9.53 Å². The molecule has 6 heteroatoms. The van der Waals surface area contributed by atoms with Gasteiger partial charge in [0.15, 0.2) is 6.10 Å². The van der Waals surface area contributed by atoms with Crippen LogP contribution in [-0.4, -0.2) is 18.0 Å². The van der Waals surface area contributed by atoms with E-state index in [0.29, 0.717) is 10.7 Å². The van der Waals surface area contributed by atoms with Crippen LogP contribution in [0.5, 0.6) is 0 Å². The lowest BCUT2D eigenvalue weighted by Gasteiger charge is -2.14. The molecule has 0 fully saturated rings. The molecule has 0 bridgehead atoms. The maximum Gasteiger partial charge on any atom is 0.338 e. The zero-order chi connectivity index (χ0) is 17.0. The van der Waals surface area contributed by atoms with Gasteiger partial charge in [-0.2, -0.15) is 0 Å². The molecule has 2 aromatic carbocycles. The highest BCUT2D eigenvalue weighted by molar-refractivity contribution is 6.31. The van der Waals surface area contributed by atoms with Gasteiger partial charge in [0, 0.05) is 10.7 Å². The molecule has 1 atom stereocenters. The minimum atomic E-state index is -1.01. The monoisotopic (exact) mass is 335 g/mol. The Hall–Kier alpha value is -2.40. The summed E-state index contributed by atoms with van der Waals surface area (Å²) in [7, 11) is 0. The number of amides is 1. The first-order valence-corrected chi connectivity index (χ1v) is 7.28. The molecule has 0 heterocycles. The van der Waals surface area contributed by atoms with Crippen LogP contribution in [0.15, 0.2) is 42.5 Å². The van der Waals surface area contributed by atoms with Crippen LogP contribution < -0.4 is 5.32 Å². The third kappa shape index (κ3) is 4.53. The number of esters is 1. The van der Waals surface area contributed by atoms with Gasteiger partial charge in [-0.05, 0) is 55.8 Å². The first-order valence-electron chi connectivity index (χ1n) is 6.90. The van der Waals surface area contributed by atoms with Gasteiger partial charge >= 0.3 is 5.97 Å². The van der Waals surface area contributed by atoms with Crippen molar-refractivity contribution in [3.8, 4) is 0 Å². The summed E-state index contributed by atoms with van der Waals surface area (Å²) in [5, 5.41) is 3.14. The zero-order valence-corrected chi connectivity index (χ0v) is 13.4. The summed E-state index contributed by atoms with van der Waals surface area (Å²) in [5.74, 6) is -1.64. The van der Waals surface area contributed by atoms with Crippen LogP contribution in [0.25, 0.3) is 0 Å². The van der Waals surface area contributed by atoms with Crippen LogP contribution >= 0.6 is 11.6 Å². The lowest BCUT2D eigenvalue weighted by Crippen LogP contribution is -2.30. The molecule has 0 radical (unpaired) electrons. The van der Waals surface area contributed by atoms with Crippen molar-refractivity contribution in [2.24, 2.45) is 0 Å². The van der Waals surface area contributed by atoms with Crippen LogP contribution in [0.2, 0.25) is 5.02 Å². The molecular weight excluding hydrogens is 321 g/mol. The number of hydrogen-bond donors (Lipinski definition) is 1. The number of hydrogen-bond acceptors (Lipinski definition) is 3. The Bertz CT molecular complexity index is 731. The molecule has 23 heavy (non-hydrogen) atoms. The van der Waals surface area contributed by atoms with E-state index in [1.807, 2.05) is 6.92 Å². The SMILES string of the molecule is Cc1ccc(NC(=O)[C@H](C)OC(=O)c2ccc(F)cc2)cc1Cl. The Morgan fingerprint density at radius 2 is 1.83 bits per heavy atom. The van der Waals surface area contributed by atoms with Crippen molar-refractivity contribution in [2.75, 3.05) is 5.32 Å². The first kappa shape index (κ1) is 17.0. The summed E-state index contributed by atoms with van der Waals surface area (Å²) in [4.78, 5) is 23.9. The molecule has 0 aliphatic heterocycles. The van der Waals surface area contributed by atoms with Gasteiger partial charge in [0.25, 0.3) is 5.91 Å². The Morgan fingerprint density at radius 3 is 2.43 bits per heavy atom. The van der Waals surface area contributed by atoms with Crippen LogP contribution in [0.3, 0.4) is 0 Å². The second kappa shape index (κ2) is 7.24. The fraction of sp³-hybridized carbons (Fsp3) is 0.176. The summed E-state index contributed by atoms with van der Waals surface area (Å²) in [6.07, 6.45) is -1.01. The molecule has 0 unspecified atom stereocenters. The summed E-state index contributed by atoms with van der Waals surface area (Å²) in [5.41, 5.74) is 1.57. The van der Waals surface area contributed by atoms with E-state index in [-0.39, 0.29) is 5.56 Å². The highest BCUT2D eigenvalue weighted by Crippen LogP contribution is 2.20. The molecule has 1 amide bonds. The molecule has 4 nitrogen and oxygen atoms in total. The minimum Gasteiger partial charge on any atom is -0.449 e. The number of carbonyl (C=O) groups is 2. The molecule has 2 aromatic rings. The Kier molecular flexibility index (Phi) is 5.34. The highest BCUT2D eigenvalue weighted by Gasteiger charge is 2.19. The summed E-state index contributed by atoms with van der Waals surface area (Å²) >= 11 is 5.99. The number of rotatable bonds is 4. The largest absolute Gasteiger partial charge is 0.449 e. The van der Waals surface area contributed by atoms with Gasteiger partial charge in [-0.25, -0.2) is 9.18 Å². The number of aryl methyl sites for hydroxylation is 1. The van der Waals surface area contributed by atoms with E-state index in [4.69, 9.17) is 16.3 Å². The second-order valence-corrected chi connectivity index (χ2v) is 5.41. The van der Waals surface area contributed by atoms with E-state index in [9.17, 15) is 14.0 Å². The number of anilines is 1. The standard InChI is InChI=1S/C17H15ClFNO3/c1-10-3-8-14(9-15(10)18)20-16(21)11(2)23-17(22)12-4-6-13(19)7-5-12/h3-9,11H,1-2H3,(H,20,21)/t11-/m0/s1. The molecule has 0 spiro atoms. The fourth-order valence-corrected chi connectivity index (χ4v) is 1.96. The number of ether oxygens (including phenoxy) is 1. The predicted molar refractivity (Wildman–Crippen MR) is 86.1 cm³/mol. The van der Waals surface area contributed by atoms with Gasteiger partial charge in [-0.15, -0.1) is 0 Å². The third-order valence-electron chi connectivity index (χ3n) is 3.17. The van der Waals surface area contributed by atoms with E-state index in [0.717, 1.165) is 17.7 Å². The van der Waals surface area contributed by atoms with Crippen molar-refractivity contribution in [3.63, 3.8) is 0 Å². The van der Waals surface area contributed by atoms with E-state index in [1.54, 1.807) is 18.2 Å². The molecule has 0 aliphatic carbocycles. The quantitative estimate of drug-likeness (QED) is 0.860. The summed E-state index contributed by atoms with van der Waals surface area (Å²) < 4.78 is 17.9. The molecular formula is C17H15ClFNO3. The highest BCUT2D eigenvalue weighted by atomic mass is 35.5. The lowest BCUT2D eigenvalue weighted by molar-refractivity contribution is -0.123. The Labute approximate surface area is 138 Å². The number of benzene rings is 2. The normalized spacial score (nSPS) is 11.7. The number of nitrogens with one attached hydrogen (secondary N) is 1. The molecule has 120 valence electrons. The zero-order valence-electron chi connectivity index (χ0n) is 12.6. The molecule has 2 rings (SSSR count). The maximum absolute atomic E-state index is 12.8. The van der Waals surface area contributed by atoms with Crippen LogP contribution in [0.1, 0.15) is 22.8 Å². The Morgan fingerprint density at radius 1 is 1.17 bits per heavy atom. The van der Waals surface area contributed by atoms with E-state index < -0.39 is 23.8 Å². The van der Waals surface area contributed by atoms with Crippen LogP contribution in [0, 0.1) is 12.7 Å². The molecule has 1 N–H and O–H groups in total. The van der Waals surface area contributed by atoms with Gasteiger partial charge in [-0.3, -0.25) is 4.79 Å². The minimum absolute atomic E-state index is 0.171. The number of carbonyl (C=O) groups excluding carboxylic acids is 2. The van der Waals surface area contributed by atoms with Crippen LogP contribution in [0.4, 0.5) is 10.1 Å². The van der Waals surface area contributed by atoms with E-state index in [2.05, 4.69) is 5.32 Å². The topological polar surface area (TPSA) is 55.4 Å². The molecule has 0 saturated carbocycles. The fourth-order valence-electron chi connectivity index (χ4n) is 1.78. The summed E-state index contributed by atoms with van der Waals surface area (Å²) in [6, 6.07) is 9.97. The van der Waals surface area contributed by atoms with Gasteiger partial charge in [0.05, 0.1) is 5.56 Å². The first-order chi connectivity index (χ1) is 10.9. The van der Waals surface area contributed by atoms with Crippen molar-refractivity contribution in [1.29, 1.82) is 0 Å². The average Bonchev–Trinajstić information content (AvgIpc) is 2.51. The Balaban J connectivity index is 1.97. The predicted octanol–water partition coefficient (Wildman–Crippen LogP) is 3.97. The van der Waals surface area contributed by atoms with Gasteiger partial charge in [0.1, 0.15) is 5.82 Å². The average molecular weight is 336 g/mol. The molecule has 0 saturated heterocycles. The second-order valence-electron chi connectivity index (χ2n) is 5.01. The van der Waals surface area contributed by atoms with E-state index in [1.165, 1.54) is 19.1 Å². The molecule has 0 aliphatic rings. The third-order valence-corrected chi connectivity index (χ3v) is 3.58. The maximum atomic E-state index is 12.8. The van der Waals surface area contributed by atoms with Crippen molar-refractivity contribution in [1.82, 2.24) is 0 Å². The van der Waals surface area contributed by atoms with Gasteiger partial charge in [-0.1, -0.05) is 17.7 Å². The van der Waals surface area contributed by atoms with Crippen molar-refractivity contribution in [2.45, 2.75) is 20.0 Å². The lowest BCUT2D eigenvalue weighted by atomic mass is 10.2. The van der Waals surface area contributed by atoms with Gasteiger partial charge < -0.3 is 10.1 Å².